The molecule has 0 fully saturated rings. The molecular weight excluding hydrogens is 576 g/mol. The van der Waals surface area contributed by atoms with Crippen LogP contribution in [0.5, 0.6) is 0 Å². The molecule has 6 heteroatoms. The number of allylic oxidation sites excluding steroid dienone is 1. The topological polar surface area (TPSA) is 17.3 Å². The molecule has 0 atom stereocenters. The lowest BCUT2D eigenvalue weighted by Crippen LogP contribution is -2.21. The third-order valence-electron chi connectivity index (χ3n) is 7.35. The van der Waals surface area contributed by atoms with Crippen LogP contribution in [0, 0.1) is 3.57 Å². The second-order valence-electron chi connectivity index (χ2n) is 9.46. The molecule has 5 aromatic rings. The van der Waals surface area contributed by atoms with Crippen LogP contribution >= 0.6 is 22.6 Å². The Labute approximate surface area is 227 Å². The van der Waals surface area contributed by atoms with E-state index in [0.717, 1.165) is 65.6 Å². The fourth-order valence-electron chi connectivity index (χ4n) is 5.69. The SMILES string of the molecule is FB(F)n1c(/C(=C2/C=c3ccc4ccccc4c3=N2)c2ccc(I)cc2)cc2c1-c1ccccc1CC2. The molecule has 178 valence electrons. The molecule has 1 aliphatic carbocycles. The van der Waals surface area contributed by atoms with Gasteiger partial charge in [0.2, 0.25) is 0 Å². The van der Waals surface area contributed by atoms with E-state index < -0.39 is 7.40 Å². The summed E-state index contributed by atoms with van der Waals surface area (Å²) in [6, 6.07) is 30.2. The molecule has 0 amide bonds. The van der Waals surface area contributed by atoms with E-state index in [4.69, 9.17) is 4.99 Å². The summed E-state index contributed by atoms with van der Waals surface area (Å²) in [6.07, 6.45) is 3.62. The van der Waals surface area contributed by atoms with Crippen molar-refractivity contribution >= 4 is 52.4 Å². The van der Waals surface area contributed by atoms with Gasteiger partial charge in [-0.15, -0.1) is 0 Å². The molecular formula is C31H20BF2IN2. The molecule has 0 saturated heterocycles. The van der Waals surface area contributed by atoms with E-state index in [1.54, 1.807) is 0 Å². The molecule has 37 heavy (non-hydrogen) atoms. The molecule has 7 rings (SSSR count). The number of nitrogens with zero attached hydrogens (tertiary/aromatic N) is 2. The number of aromatic nitrogens is 1. The van der Waals surface area contributed by atoms with Crippen LogP contribution in [0.3, 0.4) is 0 Å². The first kappa shape index (κ1) is 22.7. The van der Waals surface area contributed by atoms with Gasteiger partial charge >= 0.3 is 7.40 Å². The maximum absolute atomic E-state index is 14.9. The Hall–Kier alpha value is -3.52. The summed E-state index contributed by atoms with van der Waals surface area (Å²) < 4.78 is 32.2. The minimum atomic E-state index is -2.69. The zero-order valence-corrected chi connectivity index (χ0v) is 21.9. The number of fused-ring (bicyclic) bond motifs is 6. The first-order chi connectivity index (χ1) is 18.1. The summed E-state index contributed by atoms with van der Waals surface area (Å²) in [7, 11) is -2.69. The molecule has 0 N–H and O–H groups in total. The van der Waals surface area contributed by atoms with Crippen molar-refractivity contribution in [1.29, 1.82) is 0 Å². The Bertz CT molecular complexity index is 1870. The largest absolute Gasteiger partial charge is 0.678 e. The highest BCUT2D eigenvalue weighted by Crippen LogP contribution is 2.41. The van der Waals surface area contributed by atoms with Gasteiger partial charge in [-0.2, -0.15) is 0 Å². The van der Waals surface area contributed by atoms with E-state index in [1.807, 2.05) is 72.8 Å². The molecule has 2 nitrogen and oxygen atoms in total. The fourth-order valence-corrected chi connectivity index (χ4v) is 6.05. The third kappa shape index (κ3) is 3.69. The van der Waals surface area contributed by atoms with Crippen molar-refractivity contribution in [2.75, 3.05) is 0 Å². The first-order valence-electron chi connectivity index (χ1n) is 12.3. The summed E-state index contributed by atoms with van der Waals surface area (Å²) in [5, 5.41) is 4.06. The zero-order chi connectivity index (χ0) is 25.1. The molecule has 0 radical (unpaired) electrons. The van der Waals surface area contributed by atoms with Crippen LogP contribution in [0.2, 0.25) is 0 Å². The highest BCUT2D eigenvalue weighted by Gasteiger charge is 2.32. The Kier molecular flexibility index (Phi) is 5.39. The van der Waals surface area contributed by atoms with Crippen LogP contribution in [-0.2, 0) is 12.8 Å². The summed E-state index contributed by atoms with van der Waals surface area (Å²) >= 11 is 2.27. The van der Waals surface area contributed by atoms with Crippen molar-refractivity contribution in [2.45, 2.75) is 12.8 Å². The Balaban J connectivity index is 1.56. The highest BCUT2D eigenvalue weighted by molar-refractivity contribution is 14.1. The number of rotatable bonds is 3. The number of hydrogen-bond donors (Lipinski definition) is 0. The first-order valence-corrected chi connectivity index (χ1v) is 13.4. The van der Waals surface area contributed by atoms with Crippen LogP contribution in [0.4, 0.5) is 8.63 Å². The molecule has 4 aromatic carbocycles. The van der Waals surface area contributed by atoms with E-state index in [1.165, 1.54) is 4.48 Å². The average Bonchev–Trinajstić information content (AvgIpc) is 3.52. The quantitative estimate of drug-likeness (QED) is 0.164. The van der Waals surface area contributed by atoms with Crippen LogP contribution in [0.15, 0.2) is 102 Å². The summed E-state index contributed by atoms with van der Waals surface area (Å²) in [5.74, 6) is 0. The predicted octanol–water partition coefficient (Wildman–Crippen LogP) is 6.66. The van der Waals surface area contributed by atoms with E-state index in [-0.39, 0.29) is 0 Å². The number of hydrogen-bond acceptors (Lipinski definition) is 1. The Morgan fingerprint density at radius 2 is 1.59 bits per heavy atom. The van der Waals surface area contributed by atoms with Gasteiger partial charge in [0.15, 0.2) is 0 Å². The van der Waals surface area contributed by atoms with Crippen LogP contribution in [0.25, 0.3) is 33.7 Å². The van der Waals surface area contributed by atoms with E-state index in [9.17, 15) is 8.63 Å². The van der Waals surface area contributed by atoms with Gasteiger partial charge in [-0.05, 0) is 81.8 Å². The maximum atomic E-state index is 14.9. The molecule has 0 bridgehead atoms. The predicted molar refractivity (Wildman–Crippen MR) is 155 cm³/mol. The van der Waals surface area contributed by atoms with Gasteiger partial charge in [-0.3, -0.25) is 8.63 Å². The lowest BCUT2D eigenvalue weighted by Gasteiger charge is -2.20. The average molecular weight is 596 g/mol. The molecule has 1 aliphatic heterocycles. The summed E-state index contributed by atoms with van der Waals surface area (Å²) in [6.45, 7) is 0. The number of benzene rings is 4. The summed E-state index contributed by atoms with van der Waals surface area (Å²) in [5.41, 5.74) is 6.39. The summed E-state index contributed by atoms with van der Waals surface area (Å²) in [4.78, 5) is 5.07. The number of halogens is 3. The van der Waals surface area contributed by atoms with Crippen molar-refractivity contribution in [3.8, 4) is 11.3 Å². The van der Waals surface area contributed by atoms with E-state index >= 15 is 0 Å². The fraction of sp³-hybridized carbons (Fsp3) is 0.0645. The minimum absolute atomic E-state index is 0.505. The van der Waals surface area contributed by atoms with Gasteiger partial charge in [0.05, 0.1) is 11.1 Å². The van der Waals surface area contributed by atoms with Crippen molar-refractivity contribution < 1.29 is 8.63 Å². The van der Waals surface area contributed by atoms with Gasteiger partial charge in [0, 0.05) is 36.7 Å². The highest BCUT2D eigenvalue weighted by atomic mass is 127. The molecule has 0 saturated carbocycles. The monoisotopic (exact) mass is 596 g/mol. The smallest absolute Gasteiger partial charge is 0.324 e. The van der Waals surface area contributed by atoms with Gasteiger partial charge in [-0.25, -0.2) is 4.99 Å². The standard InChI is InChI=1S/C31H20BF2IN2/c33-32(34)37-28(18-23-12-10-20-6-2-4-8-26(20)31(23)37)29(21-13-15-24(35)16-14-21)27-17-22-11-9-19-5-1-3-7-25(19)30(22)36-27/h1-9,11,13-18H,10,12H2/b29-27-. The Morgan fingerprint density at radius 1 is 0.838 bits per heavy atom. The van der Waals surface area contributed by atoms with E-state index in [0.29, 0.717) is 17.1 Å². The van der Waals surface area contributed by atoms with Crippen LogP contribution in [-0.4, -0.2) is 11.9 Å². The van der Waals surface area contributed by atoms with E-state index in [2.05, 4.69) is 46.9 Å². The lowest BCUT2D eigenvalue weighted by atomic mass is 9.89. The molecule has 1 aromatic heterocycles. The lowest BCUT2D eigenvalue weighted by molar-refractivity contribution is 0.629. The van der Waals surface area contributed by atoms with Crippen LogP contribution < -0.4 is 10.6 Å². The van der Waals surface area contributed by atoms with Gasteiger partial charge in [0.25, 0.3) is 0 Å². The van der Waals surface area contributed by atoms with Crippen molar-refractivity contribution in [2.24, 2.45) is 4.99 Å². The van der Waals surface area contributed by atoms with Crippen molar-refractivity contribution in [3.63, 3.8) is 0 Å². The van der Waals surface area contributed by atoms with Gasteiger partial charge < -0.3 is 4.48 Å². The molecule has 2 aliphatic rings. The van der Waals surface area contributed by atoms with Crippen molar-refractivity contribution in [3.05, 3.63) is 133 Å². The second-order valence-corrected chi connectivity index (χ2v) is 10.7. The van der Waals surface area contributed by atoms with Gasteiger partial charge in [-0.1, -0.05) is 72.8 Å². The molecule has 0 unspecified atom stereocenters. The van der Waals surface area contributed by atoms with Gasteiger partial charge in [0.1, 0.15) is 0 Å². The zero-order valence-electron chi connectivity index (χ0n) is 19.8. The molecule has 2 heterocycles. The minimum Gasteiger partial charge on any atom is -0.324 e. The second kappa shape index (κ2) is 8.80. The normalized spacial score (nSPS) is 14.9. The maximum Gasteiger partial charge on any atom is 0.678 e. The third-order valence-corrected chi connectivity index (χ3v) is 8.07. The number of aryl methyl sites for hydroxylation is 2. The molecule has 0 spiro atoms. The van der Waals surface area contributed by atoms with Crippen LogP contribution in [0.1, 0.15) is 22.4 Å². The Morgan fingerprint density at radius 3 is 2.43 bits per heavy atom. The van der Waals surface area contributed by atoms with Crippen molar-refractivity contribution in [1.82, 2.24) is 4.48 Å².